The Morgan fingerprint density at radius 3 is 2.86 bits per heavy atom. The van der Waals surface area contributed by atoms with E-state index in [1.165, 1.54) is 24.1 Å². The lowest BCUT2D eigenvalue weighted by molar-refractivity contribution is -0.390. The summed E-state index contributed by atoms with van der Waals surface area (Å²) < 4.78 is 12.1. The van der Waals surface area contributed by atoms with Crippen LogP contribution in [0, 0.1) is 10.1 Å². The monoisotopic (exact) mass is 395 g/mol. The number of anilines is 1. The molecule has 10 heteroatoms. The predicted octanol–water partition coefficient (Wildman–Crippen LogP) is 3.18. The van der Waals surface area contributed by atoms with E-state index in [0.29, 0.717) is 22.7 Å². The first-order valence-corrected chi connectivity index (χ1v) is 8.38. The molecule has 0 aliphatic carbocycles. The Hall–Kier alpha value is -4.21. The summed E-state index contributed by atoms with van der Waals surface area (Å²) in [5.74, 6) is 0.134. The number of benzene rings is 1. The maximum absolute atomic E-state index is 12.2. The zero-order valence-corrected chi connectivity index (χ0v) is 15.6. The molecule has 1 N–H and O–H groups in total. The maximum atomic E-state index is 12.2. The molecule has 0 aliphatic rings. The number of rotatable bonds is 7. The largest absolute Gasteiger partial charge is 0.495 e. The van der Waals surface area contributed by atoms with E-state index in [4.69, 9.17) is 9.47 Å². The molecular weight excluding hydrogens is 378 g/mol. The summed E-state index contributed by atoms with van der Waals surface area (Å²) in [4.78, 5) is 30.3. The highest BCUT2D eigenvalue weighted by Gasteiger charge is 2.22. The average molecular weight is 395 g/mol. The van der Waals surface area contributed by atoms with E-state index in [0.717, 1.165) is 0 Å². The number of methoxy groups -OCH3 is 1. The molecule has 2 heterocycles. The van der Waals surface area contributed by atoms with Gasteiger partial charge in [0.15, 0.2) is 0 Å². The number of aryl methyl sites for hydroxylation is 1. The number of pyridine rings is 1. The van der Waals surface area contributed by atoms with Crippen molar-refractivity contribution in [1.82, 2.24) is 14.5 Å². The third kappa shape index (κ3) is 4.95. The van der Waals surface area contributed by atoms with Crippen LogP contribution >= 0.6 is 0 Å². The molecule has 1 aromatic carbocycles. The molecule has 0 atom stereocenters. The van der Waals surface area contributed by atoms with Crippen LogP contribution in [0.2, 0.25) is 0 Å². The fraction of sp³-hybridized carbons (Fsp3) is 0.105. The van der Waals surface area contributed by atoms with Crippen LogP contribution < -0.4 is 14.8 Å². The highest BCUT2D eigenvalue weighted by molar-refractivity contribution is 6.02. The number of nitrogens with zero attached hydrogens (tertiary/aromatic N) is 4. The van der Waals surface area contributed by atoms with Gasteiger partial charge in [-0.05, 0) is 39.7 Å². The number of hydrogen-bond acceptors (Lipinski definition) is 7. The lowest BCUT2D eigenvalue weighted by Gasteiger charge is -2.08. The summed E-state index contributed by atoms with van der Waals surface area (Å²) in [5.41, 5.74) is 1.17. The molecule has 0 bridgehead atoms. The summed E-state index contributed by atoms with van der Waals surface area (Å²) in [6, 6.07) is 8.23. The highest BCUT2D eigenvalue weighted by Crippen LogP contribution is 2.30. The van der Waals surface area contributed by atoms with E-state index in [-0.39, 0.29) is 11.8 Å². The van der Waals surface area contributed by atoms with Crippen LogP contribution in [0.5, 0.6) is 17.4 Å². The summed E-state index contributed by atoms with van der Waals surface area (Å²) in [6.45, 7) is 0. The molecule has 0 saturated heterocycles. The Balaban J connectivity index is 1.70. The van der Waals surface area contributed by atoms with Crippen molar-refractivity contribution in [3.63, 3.8) is 0 Å². The number of aromatic nitrogens is 3. The molecule has 10 nitrogen and oxygen atoms in total. The standard InChI is InChI=1S/C19H17N5O5/c1-23-12-21-18(24(26)27)19(23)29-15-5-3-4-14(9-15)22-17(25)7-6-13-8-16(28-2)11-20-10-13/h3-12H,1-2H3,(H,22,25)/b7-6+. The van der Waals surface area contributed by atoms with Gasteiger partial charge >= 0.3 is 11.7 Å². The topological polar surface area (TPSA) is 121 Å². The van der Waals surface area contributed by atoms with E-state index in [9.17, 15) is 14.9 Å². The number of carbonyl (C=O) groups excluding carboxylic acids is 1. The fourth-order valence-electron chi connectivity index (χ4n) is 2.39. The zero-order valence-electron chi connectivity index (χ0n) is 15.6. The van der Waals surface area contributed by atoms with Crippen LogP contribution in [-0.2, 0) is 11.8 Å². The fourth-order valence-corrected chi connectivity index (χ4v) is 2.39. The number of imidazole rings is 1. The molecule has 0 unspecified atom stereocenters. The van der Waals surface area contributed by atoms with Gasteiger partial charge in [0.1, 0.15) is 11.5 Å². The van der Waals surface area contributed by atoms with Crippen molar-refractivity contribution in [3.05, 3.63) is 70.8 Å². The van der Waals surface area contributed by atoms with E-state index in [1.807, 2.05) is 0 Å². The Labute approximate surface area is 165 Å². The normalized spacial score (nSPS) is 10.7. The number of nitrogens with one attached hydrogen (secondary N) is 1. The van der Waals surface area contributed by atoms with Crippen molar-refractivity contribution in [1.29, 1.82) is 0 Å². The summed E-state index contributed by atoms with van der Waals surface area (Å²) in [6.07, 6.45) is 7.41. The van der Waals surface area contributed by atoms with Crippen LogP contribution in [0.25, 0.3) is 6.08 Å². The van der Waals surface area contributed by atoms with Crippen molar-refractivity contribution in [2.75, 3.05) is 12.4 Å². The first kappa shape index (κ1) is 19.5. The van der Waals surface area contributed by atoms with Gasteiger partial charge in [0.2, 0.25) is 12.2 Å². The molecular formula is C19H17N5O5. The second kappa shape index (κ2) is 8.65. The van der Waals surface area contributed by atoms with Crippen molar-refractivity contribution in [2.45, 2.75) is 0 Å². The smallest absolute Gasteiger partial charge is 0.427 e. The second-order valence-corrected chi connectivity index (χ2v) is 5.85. The van der Waals surface area contributed by atoms with Gasteiger partial charge in [-0.15, -0.1) is 0 Å². The Kier molecular flexibility index (Phi) is 5.83. The highest BCUT2D eigenvalue weighted by atomic mass is 16.6. The first-order chi connectivity index (χ1) is 14.0. The molecule has 0 saturated carbocycles. The number of nitro groups is 1. The molecule has 29 heavy (non-hydrogen) atoms. The van der Waals surface area contributed by atoms with Gasteiger partial charge in [-0.25, -0.2) is 0 Å². The van der Waals surface area contributed by atoms with E-state index in [1.54, 1.807) is 55.8 Å². The third-order valence-corrected chi connectivity index (χ3v) is 3.75. The molecule has 1 amide bonds. The molecule has 2 aromatic heterocycles. The molecule has 0 aliphatic heterocycles. The summed E-state index contributed by atoms with van der Waals surface area (Å²) in [7, 11) is 3.12. The minimum Gasteiger partial charge on any atom is -0.495 e. The van der Waals surface area contributed by atoms with Crippen LogP contribution in [0.3, 0.4) is 0 Å². The molecule has 0 radical (unpaired) electrons. The minimum atomic E-state index is -0.626. The van der Waals surface area contributed by atoms with E-state index >= 15 is 0 Å². The molecule has 0 fully saturated rings. The van der Waals surface area contributed by atoms with E-state index in [2.05, 4.69) is 15.3 Å². The van der Waals surface area contributed by atoms with Crippen molar-refractivity contribution >= 4 is 23.5 Å². The first-order valence-electron chi connectivity index (χ1n) is 8.38. The quantitative estimate of drug-likeness (QED) is 0.370. The summed E-state index contributed by atoms with van der Waals surface area (Å²) >= 11 is 0. The van der Waals surface area contributed by atoms with Gasteiger partial charge in [-0.3, -0.25) is 14.3 Å². The van der Waals surface area contributed by atoms with Crippen LogP contribution in [-0.4, -0.2) is 32.5 Å². The number of hydrogen-bond donors (Lipinski definition) is 1. The van der Waals surface area contributed by atoms with Gasteiger partial charge in [0.05, 0.1) is 13.3 Å². The number of amides is 1. The van der Waals surface area contributed by atoms with Crippen molar-refractivity contribution in [2.24, 2.45) is 7.05 Å². The average Bonchev–Trinajstić information content (AvgIpc) is 3.07. The Morgan fingerprint density at radius 1 is 1.28 bits per heavy atom. The van der Waals surface area contributed by atoms with E-state index < -0.39 is 10.7 Å². The van der Waals surface area contributed by atoms with Crippen molar-refractivity contribution in [3.8, 4) is 17.4 Å². The SMILES string of the molecule is COc1cncc(/C=C/C(=O)Nc2cccc(Oc3c([N+](=O)[O-])ncn3C)c2)c1. The molecule has 148 valence electrons. The van der Waals surface area contributed by atoms with Gasteiger partial charge in [0, 0.05) is 31.1 Å². The maximum Gasteiger partial charge on any atom is 0.427 e. The molecule has 3 rings (SSSR count). The van der Waals surface area contributed by atoms with Gasteiger partial charge in [0.25, 0.3) is 0 Å². The minimum absolute atomic E-state index is 0.0103. The zero-order chi connectivity index (χ0) is 20.8. The molecule has 0 spiro atoms. The Morgan fingerprint density at radius 2 is 2.10 bits per heavy atom. The van der Waals surface area contributed by atoms with Crippen molar-refractivity contribution < 1.29 is 19.2 Å². The van der Waals surface area contributed by atoms with Gasteiger partial charge in [-0.2, -0.15) is 0 Å². The second-order valence-electron chi connectivity index (χ2n) is 5.85. The predicted molar refractivity (Wildman–Crippen MR) is 105 cm³/mol. The van der Waals surface area contributed by atoms with Gasteiger partial charge < -0.3 is 24.9 Å². The number of carbonyl (C=O) groups is 1. The van der Waals surface area contributed by atoms with Crippen LogP contribution in [0.1, 0.15) is 5.56 Å². The summed E-state index contributed by atoms with van der Waals surface area (Å²) in [5, 5.41) is 13.7. The lowest BCUT2D eigenvalue weighted by atomic mass is 10.2. The third-order valence-electron chi connectivity index (χ3n) is 3.75. The van der Waals surface area contributed by atoms with Gasteiger partial charge in [-0.1, -0.05) is 6.07 Å². The number of ether oxygens (including phenoxy) is 2. The Bertz CT molecular complexity index is 1080. The van der Waals surface area contributed by atoms with Crippen LogP contribution in [0.4, 0.5) is 11.5 Å². The lowest BCUT2D eigenvalue weighted by Crippen LogP contribution is -2.07. The molecule has 3 aromatic rings. The van der Waals surface area contributed by atoms with Crippen LogP contribution in [0.15, 0.2) is 55.1 Å².